The molecule has 0 aromatic heterocycles. The Hall–Kier alpha value is -0.761. The van der Waals surface area contributed by atoms with Gasteiger partial charge in [-0.25, -0.2) is 0 Å². The summed E-state index contributed by atoms with van der Waals surface area (Å²) in [4.78, 5) is 0. The third-order valence-corrected chi connectivity index (χ3v) is 9.33. The van der Waals surface area contributed by atoms with Gasteiger partial charge in [-0.15, -0.1) is 0 Å². The molecule has 0 radical (unpaired) electrons. The van der Waals surface area contributed by atoms with Crippen molar-refractivity contribution < 1.29 is 29.9 Å². The van der Waals surface area contributed by atoms with Gasteiger partial charge >= 0.3 is 191 Å². The Morgan fingerprint density at radius 3 is 1.17 bits per heavy atom. The molecule has 166 valence electrons. The van der Waals surface area contributed by atoms with Crippen molar-refractivity contribution in [3.63, 3.8) is 0 Å². The van der Waals surface area contributed by atoms with Crippen LogP contribution in [0.15, 0.2) is 36.4 Å². The van der Waals surface area contributed by atoms with Crippen molar-refractivity contribution >= 4 is 38.8 Å². The van der Waals surface area contributed by atoms with Crippen molar-refractivity contribution in [1.29, 1.82) is 0 Å². The van der Waals surface area contributed by atoms with E-state index < -0.39 is 0 Å². The standard InChI is InChI=1S/C22H30O6Se2/c23-13-17-3-1-4-18(14-24)21(17)29-11-9-27-7-8-28-10-12-30-22-19(15-25)5-2-6-20(22)16-26/h1-6,23-26H,7-16H2. The molecule has 0 heterocycles. The van der Waals surface area contributed by atoms with Crippen LogP contribution in [0.5, 0.6) is 0 Å². The van der Waals surface area contributed by atoms with Gasteiger partial charge in [0.15, 0.2) is 0 Å². The van der Waals surface area contributed by atoms with Crippen LogP contribution in [0.2, 0.25) is 10.6 Å². The van der Waals surface area contributed by atoms with E-state index in [1.807, 2.05) is 36.4 Å². The quantitative estimate of drug-likeness (QED) is 0.183. The molecule has 30 heavy (non-hydrogen) atoms. The van der Waals surface area contributed by atoms with Gasteiger partial charge in [0.05, 0.1) is 0 Å². The van der Waals surface area contributed by atoms with Crippen molar-refractivity contribution in [3.05, 3.63) is 58.7 Å². The van der Waals surface area contributed by atoms with Crippen molar-refractivity contribution in [1.82, 2.24) is 0 Å². The van der Waals surface area contributed by atoms with Crippen molar-refractivity contribution in [2.24, 2.45) is 0 Å². The molecule has 0 bridgehead atoms. The Labute approximate surface area is 190 Å². The summed E-state index contributed by atoms with van der Waals surface area (Å²) in [5.74, 6) is 0. The maximum atomic E-state index is 9.47. The average molecular weight is 548 g/mol. The van der Waals surface area contributed by atoms with Crippen LogP contribution >= 0.6 is 0 Å². The molecule has 0 fully saturated rings. The van der Waals surface area contributed by atoms with Gasteiger partial charge < -0.3 is 0 Å². The molecular formula is C22H30O6Se2. The summed E-state index contributed by atoms with van der Waals surface area (Å²) in [6.07, 6.45) is 0. The second-order valence-corrected chi connectivity index (χ2v) is 11.0. The summed E-state index contributed by atoms with van der Waals surface area (Å²) in [7, 11) is 0. The predicted molar refractivity (Wildman–Crippen MR) is 119 cm³/mol. The number of aliphatic hydroxyl groups excluding tert-OH is 4. The first kappa shape index (κ1) is 25.5. The Morgan fingerprint density at radius 1 is 0.533 bits per heavy atom. The van der Waals surface area contributed by atoms with Crippen LogP contribution in [0.4, 0.5) is 0 Å². The Bertz CT molecular complexity index is 648. The molecule has 0 aliphatic heterocycles. The third-order valence-electron chi connectivity index (χ3n) is 4.36. The summed E-state index contributed by atoms with van der Waals surface area (Å²) in [5, 5.41) is 39.6. The molecule has 2 aromatic rings. The monoisotopic (exact) mass is 550 g/mol. The fraction of sp³-hybridized carbons (Fsp3) is 0.455. The molecule has 0 saturated carbocycles. The number of aliphatic hydroxyl groups is 4. The van der Waals surface area contributed by atoms with E-state index in [1.165, 1.54) is 0 Å². The minimum absolute atomic E-state index is 0.0102. The second kappa shape index (κ2) is 15.1. The van der Waals surface area contributed by atoms with Gasteiger partial charge in [0.2, 0.25) is 0 Å². The van der Waals surface area contributed by atoms with E-state index in [0.717, 1.165) is 41.8 Å². The van der Waals surface area contributed by atoms with E-state index in [2.05, 4.69) is 0 Å². The minimum atomic E-state index is -0.0102. The molecule has 0 aliphatic carbocycles. The summed E-state index contributed by atoms with van der Waals surface area (Å²) in [6, 6.07) is 11.3. The van der Waals surface area contributed by atoms with Crippen LogP contribution in [0.25, 0.3) is 0 Å². The molecular weight excluding hydrogens is 518 g/mol. The van der Waals surface area contributed by atoms with E-state index in [-0.39, 0.29) is 56.3 Å². The first-order valence-corrected chi connectivity index (χ1v) is 13.9. The predicted octanol–water partition coefficient (Wildman–Crippen LogP) is -0.115. The van der Waals surface area contributed by atoms with Crippen LogP contribution < -0.4 is 8.92 Å². The van der Waals surface area contributed by atoms with Crippen LogP contribution in [0.1, 0.15) is 22.3 Å². The average Bonchev–Trinajstić information content (AvgIpc) is 2.79. The molecule has 0 spiro atoms. The number of benzene rings is 2. The van der Waals surface area contributed by atoms with Crippen LogP contribution in [0.3, 0.4) is 0 Å². The topological polar surface area (TPSA) is 99.4 Å². The Kier molecular flexibility index (Phi) is 12.8. The van der Waals surface area contributed by atoms with E-state index in [0.29, 0.717) is 26.4 Å². The summed E-state index contributed by atoms with van der Waals surface area (Å²) in [6.45, 7) is 2.28. The van der Waals surface area contributed by atoms with Gasteiger partial charge in [-0.2, -0.15) is 0 Å². The zero-order valence-corrected chi connectivity index (χ0v) is 20.4. The summed E-state index contributed by atoms with van der Waals surface area (Å²) < 4.78 is 13.4. The molecule has 0 amide bonds. The van der Waals surface area contributed by atoms with E-state index in [9.17, 15) is 20.4 Å². The first-order valence-electron chi connectivity index (χ1n) is 9.81. The van der Waals surface area contributed by atoms with Gasteiger partial charge in [0.1, 0.15) is 0 Å². The molecule has 0 atom stereocenters. The number of ether oxygens (including phenoxy) is 2. The van der Waals surface area contributed by atoms with Crippen molar-refractivity contribution in [2.45, 2.75) is 37.1 Å². The first-order chi connectivity index (χ1) is 14.7. The Balaban J connectivity index is 1.59. The maximum absolute atomic E-state index is 9.47. The van der Waals surface area contributed by atoms with Crippen molar-refractivity contribution in [3.8, 4) is 0 Å². The molecule has 6 nitrogen and oxygen atoms in total. The van der Waals surface area contributed by atoms with Crippen LogP contribution in [-0.2, 0) is 35.9 Å². The molecule has 2 aromatic carbocycles. The van der Waals surface area contributed by atoms with E-state index >= 15 is 0 Å². The summed E-state index contributed by atoms with van der Waals surface area (Å²) >= 11 is 0.288. The number of rotatable bonds is 15. The normalized spacial score (nSPS) is 11.2. The van der Waals surface area contributed by atoms with Crippen LogP contribution in [-0.4, -0.2) is 76.8 Å². The zero-order chi connectivity index (χ0) is 21.6. The fourth-order valence-corrected chi connectivity index (χ4v) is 7.24. The number of hydrogen-bond acceptors (Lipinski definition) is 6. The molecule has 0 saturated heterocycles. The van der Waals surface area contributed by atoms with Gasteiger partial charge in [-0.1, -0.05) is 0 Å². The third kappa shape index (κ3) is 8.06. The second-order valence-electron chi connectivity index (χ2n) is 6.36. The molecule has 8 heteroatoms. The van der Waals surface area contributed by atoms with Gasteiger partial charge in [-0.05, 0) is 0 Å². The van der Waals surface area contributed by atoms with Crippen molar-refractivity contribution in [2.75, 3.05) is 26.4 Å². The summed E-state index contributed by atoms with van der Waals surface area (Å²) in [5.41, 5.74) is 3.55. The van der Waals surface area contributed by atoms with Gasteiger partial charge in [0.25, 0.3) is 0 Å². The van der Waals surface area contributed by atoms with Gasteiger partial charge in [0, 0.05) is 0 Å². The zero-order valence-electron chi connectivity index (χ0n) is 17.0. The molecule has 0 unspecified atom stereocenters. The Morgan fingerprint density at radius 2 is 0.867 bits per heavy atom. The van der Waals surface area contributed by atoms with E-state index in [1.54, 1.807) is 0 Å². The van der Waals surface area contributed by atoms with Crippen LogP contribution in [0, 0.1) is 0 Å². The molecule has 0 aliphatic rings. The van der Waals surface area contributed by atoms with E-state index in [4.69, 9.17) is 9.47 Å². The fourth-order valence-electron chi connectivity index (χ4n) is 2.87. The SMILES string of the molecule is OCc1cccc(CO)c1[Se]CCOCCOCC[Se]c1c(CO)cccc1CO. The molecule has 4 N–H and O–H groups in total. The number of hydrogen-bond donors (Lipinski definition) is 4. The molecule has 2 rings (SSSR count). The van der Waals surface area contributed by atoms with Gasteiger partial charge in [-0.3, -0.25) is 0 Å².